The first-order valence-electron chi connectivity index (χ1n) is 0.744. The Bertz CT molecular complexity index is 10.8. The fourth-order valence-electron chi connectivity index (χ4n) is 0. The van der Waals surface area contributed by atoms with Gasteiger partial charge in [0.2, 0.25) is 0 Å². The van der Waals surface area contributed by atoms with Crippen LogP contribution in [0.15, 0.2) is 0 Å². The monoisotopic (exact) mass is 92.0 g/mol. The van der Waals surface area contributed by atoms with Gasteiger partial charge in [0.15, 0.2) is 0 Å². The molecule has 0 bridgehead atoms. The van der Waals surface area contributed by atoms with Crippen molar-refractivity contribution in [3.05, 3.63) is 0 Å². The van der Waals surface area contributed by atoms with Crippen molar-refractivity contribution in [3.8, 4) is 0 Å². The molecule has 0 aliphatic carbocycles. The van der Waals surface area contributed by atoms with Gasteiger partial charge in [-0.25, -0.2) is 0 Å². The van der Waals surface area contributed by atoms with Crippen LogP contribution >= 0.6 is 0 Å². The summed E-state index contributed by atoms with van der Waals surface area (Å²) in [7, 11) is 0. The van der Waals surface area contributed by atoms with Crippen molar-refractivity contribution >= 4 is 26.9 Å². The van der Waals surface area contributed by atoms with E-state index in [1.165, 1.54) is 0 Å². The van der Waals surface area contributed by atoms with E-state index in [1.54, 1.807) is 0 Å². The van der Waals surface area contributed by atoms with Crippen molar-refractivity contribution in [1.29, 1.82) is 0 Å². The number of rotatable bonds is 0. The van der Waals surface area contributed by atoms with E-state index >= 15 is 0 Å². The summed E-state index contributed by atoms with van der Waals surface area (Å²) in [4.78, 5) is 0. The second kappa shape index (κ2) is 1.94. The van der Waals surface area contributed by atoms with Gasteiger partial charge in [0.1, 0.15) is 0 Å². The largest absolute Gasteiger partial charge is 0.702 e. The molecule has 1 fully saturated rings. The zero-order chi connectivity index (χ0) is 2.12. The minimum Gasteiger partial charge on any atom is -0.359 e. The normalized spacial score (nSPS) is 16.0. The molecular weight excluding hydrogens is 87.1 g/mol. The van der Waals surface area contributed by atoms with Crippen LogP contribution in [0.3, 0.4) is 0 Å². The smallest absolute Gasteiger partial charge is 0.359 e. The predicted molar refractivity (Wildman–Crippen MR) is 20.7 cm³/mol. The SMILES string of the molecule is [O]1[O][AlH]1.[SiH4]. The summed E-state index contributed by atoms with van der Waals surface area (Å²) in [5, 5.41) is 0. The van der Waals surface area contributed by atoms with E-state index in [1.807, 2.05) is 0 Å². The van der Waals surface area contributed by atoms with Gasteiger partial charge in [-0.15, -0.1) is 0 Å². The highest BCUT2D eigenvalue weighted by molar-refractivity contribution is 6.24. The van der Waals surface area contributed by atoms with Crippen LogP contribution in [0.25, 0.3) is 0 Å². The van der Waals surface area contributed by atoms with Crippen LogP contribution < -0.4 is 0 Å². The molecule has 0 spiro atoms. The molecule has 0 atom stereocenters. The Hall–Kier alpha value is 0.669. The van der Waals surface area contributed by atoms with Gasteiger partial charge in [0, 0.05) is 0 Å². The third kappa shape index (κ3) is 2.67. The Kier molecular flexibility index (Phi) is 2.27. The molecule has 0 aromatic rings. The topological polar surface area (TPSA) is 25.1 Å². The second-order valence-electron chi connectivity index (χ2n) is 0.354. The molecule has 0 radical (unpaired) electrons. The Labute approximate surface area is 35.4 Å². The molecule has 1 aliphatic rings. The van der Waals surface area contributed by atoms with Crippen molar-refractivity contribution < 1.29 is 7.88 Å². The molecule has 0 saturated carbocycles. The first-order valence-corrected chi connectivity index (χ1v) is 1.90. The Morgan fingerprint density at radius 1 is 1.25 bits per heavy atom. The highest BCUT2D eigenvalue weighted by Gasteiger charge is 2.09. The maximum atomic E-state index is 4.14. The molecule has 24 valence electrons. The summed E-state index contributed by atoms with van der Waals surface area (Å²) in [6, 6.07) is 0. The molecular formula is H5AlO2Si. The Morgan fingerprint density at radius 3 is 1.50 bits per heavy atom. The van der Waals surface area contributed by atoms with Crippen LogP contribution in [-0.4, -0.2) is 26.9 Å². The van der Waals surface area contributed by atoms with Crippen LogP contribution in [0.4, 0.5) is 0 Å². The van der Waals surface area contributed by atoms with E-state index in [0.29, 0.717) is 0 Å². The summed E-state index contributed by atoms with van der Waals surface area (Å²) < 4.78 is 8.28. The van der Waals surface area contributed by atoms with E-state index < -0.39 is 0 Å². The highest BCUT2D eigenvalue weighted by atomic mass is 28.1. The van der Waals surface area contributed by atoms with E-state index in [0.717, 1.165) is 0 Å². The van der Waals surface area contributed by atoms with E-state index in [2.05, 4.69) is 7.88 Å². The van der Waals surface area contributed by atoms with Crippen molar-refractivity contribution in [2.75, 3.05) is 0 Å². The number of hydrogen-bond acceptors (Lipinski definition) is 2. The summed E-state index contributed by atoms with van der Waals surface area (Å²) in [6.45, 7) is 0. The first kappa shape index (κ1) is 4.67. The van der Waals surface area contributed by atoms with Gasteiger partial charge in [-0.05, 0) is 11.0 Å². The van der Waals surface area contributed by atoms with E-state index in [4.69, 9.17) is 0 Å². The fraction of sp³-hybridized carbons (Fsp3) is 0. The van der Waals surface area contributed by atoms with E-state index in [-0.39, 0.29) is 26.9 Å². The minimum absolute atomic E-state index is 0. The number of hydrogen-bond donors (Lipinski definition) is 0. The zero-order valence-electron chi connectivity index (χ0n) is 1.52. The Morgan fingerprint density at radius 2 is 1.50 bits per heavy atom. The third-order valence-electron chi connectivity index (χ3n) is 0.118. The van der Waals surface area contributed by atoms with Crippen LogP contribution in [0.2, 0.25) is 0 Å². The first-order chi connectivity index (χ1) is 1.50. The molecule has 1 saturated heterocycles. The highest BCUT2D eigenvalue weighted by Crippen LogP contribution is 1.83. The summed E-state index contributed by atoms with van der Waals surface area (Å²) >= 11 is -0.333. The molecule has 4 heavy (non-hydrogen) atoms. The van der Waals surface area contributed by atoms with Crippen molar-refractivity contribution in [2.24, 2.45) is 0 Å². The average Bonchev–Trinajstić information content (AvgIpc) is 1.46. The van der Waals surface area contributed by atoms with Gasteiger partial charge in [-0.1, -0.05) is 0 Å². The van der Waals surface area contributed by atoms with Crippen molar-refractivity contribution in [1.82, 2.24) is 0 Å². The second-order valence-corrected chi connectivity index (χ2v) is 1.06. The standard InChI is InChI=1S/Al.O2.H4Si.H/c;1-2;;/h;;1H4;/q+2;-2;;. The van der Waals surface area contributed by atoms with Crippen LogP contribution in [0.1, 0.15) is 0 Å². The lowest BCUT2D eigenvalue weighted by Gasteiger charge is -1.36. The average molecular weight is 92.1 g/mol. The molecule has 2 nitrogen and oxygen atoms in total. The van der Waals surface area contributed by atoms with Crippen molar-refractivity contribution in [3.63, 3.8) is 0 Å². The van der Waals surface area contributed by atoms with Gasteiger partial charge in [-0.2, -0.15) is 0 Å². The summed E-state index contributed by atoms with van der Waals surface area (Å²) in [6.07, 6.45) is 0. The van der Waals surface area contributed by atoms with Crippen LogP contribution in [0.5, 0.6) is 0 Å². The van der Waals surface area contributed by atoms with Crippen LogP contribution in [-0.2, 0) is 7.88 Å². The quantitative estimate of drug-likeness (QED) is 0.192. The maximum Gasteiger partial charge on any atom is 0.702 e. The lowest BCUT2D eigenvalue weighted by Crippen LogP contribution is -1.28. The maximum absolute atomic E-state index is 4.14. The molecule has 0 aromatic heterocycles. The fourth-order valence-corrected chi connectivity index (χ4v) is 0. The van der Waals surface area contributed by atoms with Crippen LogP contribution in [0, 0.1) is 0 Å². The van der Waals surface area contributed by atoms with Gasteiger partial charge in [0.05, 0.1) is 0 Å². The van der Waals surface area contributed by atoms with Gasteiger partial charge < -0.3 is 7.88 Å². The molecule has 4 heteroatoms. The molecule has 0 unspecified atom stereocenters. The molecule has 0 amide bonds. The lowest BCUT2D eigenvalue weighted by atomic mass is 15.0. The van der Waals surface area contributed by atoms with Gasteiger partial charge in [-0.3, -0.25) is 0 Å². The summed E-state index contributed by atoms with van der Waals surface area (Å²) in [5.41, 5.74) is 0. The third-order valence-corrected chi connectivity index (χ3v) is 0.354. The van der Waals surface area contributed by atoms with Gasteiger partial charge >= 0.3 is 15.9 Å². The molecule has 1 aliphatic heterocycles. The summed E-state index contributed by atoms with van der Waals surface area (Å²) in [5.74, 6) is 0. The molecule has 1 heterocycles. The van der Waals surface area contributed by atoms with Crippen molar-refractivity contribution in [2.45, 2.75) is 0 Å². The van der Waals surface area contributed by atoms with Gasteiger partial charge in [0.25, 0.3) is 0 Å². The molecule has 0 aromatic carbocycles. The zero-order valence-corrected chi connectivity index (χ0v) is 2.94. The van der Waals surface area contributed by atoms with E-state index in [9.17, 15) is 0 Å². The molecule has 0 N–H and O–H groups in total. The lowest BCUT2D eigenvalue weighted by molar-refractivity contribution is 0.0850. The molecule has 1 rings (SSSR count). The Balaban J connectivity index is 0.0000000900. The predicted octanol–water partition coefficient (Wildman–Crippen LogP) is -2.24. The minimum atomic E-state index is -0.333.